The monoisotopic (exact) mass is 243 g/mol. The van der Waals surface area contributed by atoms with Crippen molar-refractivity contribution in [2.75, 3.05) is 5.73 Å². The topological polar surface area (TPSA) is 26.0 Å². The van der Waals surface area contributed by atoms with Crippen LogP contribution in [0.1, 0.15) is 16.7 Å². The second kappa shape index (κ2) is 6.49. The van der Waals surface area contributed by atoms with Gasteiger partial charge in [0.05, 0.1) is 0 Å². The van der Waals surface area contributed by atoms with Crippen molar-refractivity contribution in [2.45, 2.75) is 20.8 Å². The van der Waals surface area contributed by atoms with E-state index in [-0.39, 0.29) is 17.1 Å². The molecule has 88 valence electrons. The standard InChI is InChI=1S/C8H12N.C5H5.Fe/c1-5-4-6(2)8(9)7(5)3;1-2-4-5-3-1;/h4H,9H2,1-3H3;1-5H;/q-1;-5;. The Hall–Kier alpha value is -0.981. The Morgan fingerprint density at radius 1 is 1.07 bits per heavy atom. The van der Waals surface area contributed by atoms with Gasteiger partial charge in [0.15, 0.2) is 0 Å². The summed E-state index contributed by atoms with van der Waals surface area (Å²) in [5.74, 6) is 0. The van der Waals surface area contributed by atoms with Gasteiger partial charge in [0.2, 0.25) is 0 Å². The van der Waals surface area contributed by atoms with E-state index in [0.29, 0.717) is 0 Å². The Labute approximate surface area is 103 Å². The smallest absolute Gasteiger partial charge is 0 e. The van der Waals surface area contributed by atoms with Crippen LogP contribution >= 0.6 is 0 Å². The van der Waals surface area contributed by atoms with Gasteiger partial charge in [-0.25, -0.2) is 0 Å². The minimum atomic E-state index is 0. The van der Waals surface area contributed by atoms with Gasteiger partial charge in [0, 0.05) is 17.1 Å². The molecule has 0 saturated carbocycles. The molecular formula is C13H17FeN-6. The summed E-state index contributed by atoms with van der Waals surface area (Å²) in [7, 11) is 0. The Morgan fingerprint density at radius 3 is 1.60 bits per heavy atom. The van der Waals surface area contributed by atoms with Gasteiger partial charge in [-0.3, -0.25) is 0 Å². The Kier molecular flexibility index (Phi) is 6.07. The molecule has 0 bridgehead atoms. The zero-order valence-electron chi connectivity index (χ0n) is 9.40. The maximum absolute atomic E-state index is 5.70. The molecule has 2 N–H and O–H groups in total. The Bertz CT molecular complexity index is 332. The molecule has 0 spiro atoms. The maximum Gasteiger partial charge on any atom is 0 e. The first-order chi connectivity index (χ1) is 6.63. The van der Waals surface area contributed by atoms with E-state index in [4.69, 9.17) is 5.73 Å². The third kappa shape index (κ3) is 3.94. The second-order valence-electron chi connectivity index (χ2n) is 3.51. The fourth-order valence-corrected chi connectivity index (χ4v) is 1.34. The van der Waals surface area contributed by atoms with Crippen molar-refractivity contribution in [2.24, 2.45) is 0 Å². The average Bonchev–Trinajstić information content (AvgIpc) is 2.78. The van der Waals surface area contributed by atoms with Crippen molar-refractivity contribution in [1.29, 1.82) is 0 Å². The van der Waals surface area contributed by atoms with Crippen LogP contribution in [0.3, 0.4) is 0 Å². The maximum atomic E-state index is 5.70. The summed E-state index contributed by atoms with van der Waals surface area (Å²) in [6.07, 6.45) is 0. The molecule has 0 saturated heterocycles. The predicted octanol–water partition coefficient (Wildman–Crippen LogP) is 3.32. The van der Waals surface area contributed by atoms with Crippen LogP contribution in [0.15, 0.2) is 36.4 Å². The van der Waals surface area contributed by atoms with Crippen LogP contribution in [0.5, 0.6) is 0 Å². The van der Waals surface area contributed by atoms with Crippen LogP contribution in [-0.4, -0.2) is 0 Å². The molecule has 0 unspecified atom stereocenters. The summed E-state index contributed by atoms with van der Waals surface area (Å²) in [6, 6.07) is 12.1. The Balaban J connectivity index is 0.000000280. The fraction of sp³-hybridized carbons (Fsp3) is 0.231. The second-order valence-corrected chi connectivity index (χ2v) is 3.51. The molecular weight excluding hydrogens is 226 g/mol. The van der Waals surface area contributed by atoms with Crippen LogP contribution in [0.4, 0.5) is 5.69 Å². The molecule has 2 aromatic rings. The average molecular weight is 243 g/mol. The van der Waals surface area contributed by atoms with Gasteiger partial charge in [-0.2, -0.15) is 17.2 Å². The van der Waals surface area contributed by atoms with E-state index in [1.54, 1.807) is 0 Å². The summed E-state index contributed by atoms with van der Waals surface area (Å²) < 4.78 is 0. The molecule has 0 amide bonds. The number of aryl methyl sites for hydroxylation is 2. The molecule has 0 atom stereocenters. The van der Waals surface area contributed by atoms with E-state index in [2.05, 4.69) is 19.9 Å². The molecule has 1 nitrogen and oxygen atoms in total. The van der Waals surface area contributed by atoms with Gasteiger partial charge in [0.25, 0.3) is 0 Å². The van der Waals surface area contributed by atoms with E-state index in [9.17, 15) is 0 Å². The molecule has 2 heteroatoms. The molecule has 0 aromatic heterocycles. The van der Waals surface area contributed by atoms with Gasteiger partial charge in [-0.05, 0) is 0 Å². The zero-order valence-corrected chi connectivity index (χ0v) is 10.5. The molecule has 0 aliphatic rings. The molecule has 0 aliphatic heterocycles. The van der Waals surface area contributed by atoms with Crippen LogP contribution in [0, 0.1) is 20.8 Å². The number of rotatable bonds is 0. The van der Waals surface area contributed by atoms with E-state index in [1.807, 2.05) is 37.3 Å². The van der Waals surface area contributed by atoms with E-state index >= 15 is 0 Å². The first-order valence-corrected chi connectivity index (χ1v) is 4.78. The van der Waals surface area contributed by atoms with Crippen molar-refractivity contribution in [3.05, 3.63) is 53.1 Å². The van der Waals surface area contributed by atoms with Crippen molar-refractivity contribution >= 4 is 5.69 Å². The molecule has 0 heterocycles. The minimum Gasteiger partial charge on any atom is -0.748 e. The van der Waals surface area contributed by atoms with E-state index in [0.717, 1.165) is 5.69 Å². The first kappa shape index (κ1) is 14.0. The molecule has 0 radical (unpaired) electrons. The van der Waals surface area contributed by atoms with Crippen LogP contribution in [0.2, 0.25) is 0 Å². The third-order valence-electron chi connectivity index (χ3n) is 2.41. The molecule has 0 fully saturated rings. The minimum absolute atomic E-state index is 0. The third-order valence-corrected chi connectivity index (χ3v) is 2.41. The normalized spacial score (nSPS) is 8.73. The SMILES string of the molecule is Cc1c[c-](C)c(C)c1N.[Fe].[cH-]1[cH-][cH-][cH-][cH-]1. The van der Waals surface area contributed by atoms with Crippen molar-refractivity contribution in [1.82, 2.24) is 0 Å². The number of nitrogen functional groups attached to an aromatic ring is 1. The summed E-state index contributed by atoms with van der Waals surface area (Å²) in [6.45, 7) is 6.17. The molecule has 2 rings (SSSR count). The number of nitrogens with two attached hydrogens (primary N) is 1. The van der Waals surface area contributed by atoms with Crippen molar-refractivity contribution < 1.29 is 17.1 Å². The summed E-state index contributed by atoms with van der Waals surface area (Å²) in [4.78, 5) is 0. The van der Waals surface area contributed by atoms with Gasteiger partial charge in [-0.15, -0.1) is 11.3 Å². The van der Waals surface area contributed by atoms with Gasteiger partial charge in [0.1, 0.15) is 0 Å². The van der Waals surface area contributed by atoms with Crippen LogP contribution < -0.4 is 5.73 Å². The van der Waals surface area contributed by atoms with E-state index in [1.165, 1.54) is 16.7 Å². The first-order valence-electron chi connectivity index (χ1n) is 4.78. The summed E-state index contributed by atoms with van der Waals surface area (Å²) in [5, 5.41) is 0. The number of hydrogen-bond donors (Lipinski definition) is 1. The molecule has 0 aliphatic carbocycles. The van der Waals surface area contributed by atoms with Gasteiger partial charge in [-0.1, -0.05) is 20.8 Å². The summed E-state index contributed by atoms with van der Waals surface area (Å²) in [5.41, 5.74) is 10.4. The number of anilines is 1. The number of hydrogen-bond acceptors (Lipinski definition) is 1. The largest absolute Gasteiger partial charge is 0.748 e. The van der Waals surface area contributed by atoms with Crippen molar-refractivity contribution in [3.8, 4) is 0 Å². The fourth-order valence-electron chi connectivity index (χ4n) is 1.34. The zero-order chi connectivity index (χ0) is 10.6. The summed E-state index contributed by atoms with van der Waals surface area (Å²) >= 11 is 0. The van der Waals surface area contributed by atoms with E-state index < -0.39 is 0 Å². The molecule has 2 aromatic carbocycles. The Morgan fingerprint density at radius 2 is 1.47 bits per heavy atom. The van der Waals surface area contributed by atoms with Gasteiger partial charge < -0.3 is 36.1 Å². The molecule has 15 heavy (non-hydrogen) atoms. The van der Waals surface area contributed by atoms with Crippen molar-refractivity contribution in [3.63, 3.8) is 0 Å². The van der Waals surface area contributed by atoms with Crippen LogP contribution in [0.25, 0.3) is 0 Å². The predicted molar refractivity (Wildman–Crippen MR) is 62.7 cm³/mol. The van der Waals surface area contributed by atoms with Gasteiger partial charge >= 0.3 is 0 Å². The quantitative estimate of drug-likeness (QED) is 0.557. The van der Waals surface area contributed by atoms with Crippen LogP contribution in [-0.2, 0) is 17.1 Å².